The van der Waals surface area contributed by atoms with Crippen LogP contribution in [0.2, 0.25) is 0 Å². The van der Waals surface area contributed by atoms with E-state index < -0.39 is 10.0 Å². The number of fused-ring (bicyclic) bond motifs is 1. The second kappa shape index (κ2) is 7.92. The van der Waals surface area contributed by atoms with Crippen molar-refractivity contribution in [3.8, 4) is 0 Å². The Morgan fingerprint density at radius 1 is 0.931 bits per heavy atom. The number of nitrogens with zero attached hydrogens (tertiary/aromatic N) is 2. The molecule has 2 aliphatic heterocycles. The van der Waals surface area contributed by atoms with Crippen molar-refractivity contribution in [2.75, 3.05) is 19.6 Å². The Kier molecular flexibility index (Phi) is 5.49. The zero-order valence-electron chi connectivity index (χ0n) is 17.0. The number of piperidine rings is 1. The van der Waals surface area contributed by atoms with E-state index in [0.29, 0.717) is 30.5 Å². The molecular formula is C23H28N2O3S. The predicted molar refractivity (Wildman–Crippen MR) is 113 cm³/mol. The minimum atomic E-state index is -3.58. The molecule has 1 saturated heterocycles. The van der Waals surface area contributed by atoms with Gasteiger partial charge < -0.3 is 4.90 Å². The van der Waals surface area contributed by atoms with Crippen LogP contribution >= 0.6 is 0 Å². The molecule has 1 amide bonds. The Labute approximate surface area is 173 Å². The van der Waals surface area contributed by atoms with Crippen LogP contribution in [0.25, 0.3) is 0 Å². The first-order valence-corrected chi connectivity index (χ1v) is 11.7. The van der Waals surface area contributed by atoms with Crippen molar-refractivity contribution in [1.82, 2.24) is 9.21 Å². The third kappa shape index (κ3) is 4.09. The number of hydrogen-bond acceptors (Lipinski definition) is 3. The Hall–Kier alpha value is -2.18. The largest absolute Gasteiger partial charge is 0.338 e. The fourth-order valence-electron chi connectivity index (χ4n) is 4.60. The van der Waals surface area contributed by atoms with Gasteiger partial charge >= 0.3 is 0 Å². The van der Waals surface area contributed by atoms with Gasteiger partial charge in [0.05, 0.1) is 4.90 Å². The minimum absolute atomic E-state index is 0.0146. The Balaban J connectivity index is 1.51. The number of hydrogen-bond donors (Lipinski definition) is 0. The molecule has 2 aromatic carbocycles. The van der Waals surface area contributed by atoms with E-state index in [1.807, 2.05) is 23.1 Å². The third-order valence-corrected chi connectivity index (χ3v) is 7.85. The van der Waals surface area contributed by atoms with Crippen molar-refractivity contribution in [2.45, 2.75) is 38.1 Å². The van der Waals surface area contributed by atoms with E-state index in [2.05, 4.69) is 19.9 Å². The first kappa shape index (κ1) is 20.1. The standard InChI is InChI=1S/C23H28N2O3S/c1-17-13-18(2)15-24(14-17)23(26)20-7-9-22(10-8-20)29(27,28)25-12-11-19-5-3-4-6-21(19)16-25/h3-10,17-18H,11-16H2,1-2H3/t17-,18-/m1/s1. The summed E-state index contributed by atoms with van der Waals surface area (Å²) < 4.78 is 27.7. The minimum Gasteiger partial charge on any atom is -0.338 e. The molecule has 0 aliphatic carbocycles. The molecule has 4 rings (SSSR count). The molecular weight excluding hydrogens is 384 g/mol. The van der Waals surface area contributed by atoms with E-state index in [4.69, 9.17) is 0 Å². The van der Waals surface area contributed by atoms with Gasteiger partial charge in [-0.05, 0) is 60.1 Å². The summed E-state index contributed by atoms with van der Waals surface area (Å²) in [7, 11) is -3.58. The summed E-state index contributed by atoms with van der Waals surface area (Å²) >= 11 is 0. The van der Waals surface area contributed by atoms with Crippen molar-refractivity contribution in [3.05, 3.63) is 65.2 Å². The Morgan fingerprint density at radius 2 is 1.55 bits per heavy atom. The second-order valence-corrected chi connectivity index (χ2v) is 10.5. The van der Waals surface area contributed by atoms with Crippen LogP contribution in [0.1, 0.15) is 41.8 Å². The first-order chi connectivity index (χ1) is 13.8. The third-order valence-electron chi connectivity index (χ3n) is 5.99. The van der Waals surface area contributed by atoms with Crippen molar-refractivity contribution >= 4 is 15.9 Å². The number of rotatable bonds is 3. The maximum Gasteiger partial charge on any atom is 0.253 e. The average Bonchev–Trinajstić information content (AvgIpc) is 2.72. The summed E-state index contributed by atoms with van der Waals surface area (Å²) in [5.41, 5.74) is 2.82. The van der Waals surface area contributed by atoms with Crippen LogP contribution in [0.3, 0.4) is 0 Å². The molecule has 0 spiro atoms. The number of sulfonamides is 1. The molecule has 154 valence electrons. The molecule has 0 N–H and O–H groups in total. The van der Waals surface area contributed by atoms with Crippen molar-refractivity contribution in [2.24, 2.45) is 11.8 Å². The van der Waals surface area contributed by atoms with Crippen LogP contribution in [0.15, 0.2) is 53.4 Å². The number of carbonyl (C=O) groups is 1. The highest BCUT2D eigenvalue weighted by Crippen LogP contribution is 2.26. The Bertz CT molecular complexity index is 991. The van der Waals surface area contributed by atoms with Crippen molar-refractivity contribution < 1.29 is 13.2 Å². The molecule has 0 bridgehead atoms. The van der Waals surface area contributed by atoms with Crippen LogP contribution < -0.4 is 0 Å². The molecule has 0 aromatic heterocycles. The van der Waals surface area contributed by atoms with Gasteiger partial charge in [-0.25, -0.2) is 8.42 Å². The number of amides is 1. The highest BCUT2D eigenvalue weighted by Gasteiger charge is 2.29. The number of benzene rings is 2. The molecule has 0 saturated carbocycles. The normalized spacial score (nSPS) is 22.9. The topological polar surface area (TPSA) is 57.7 Å². The maximum atomic E-state index is 13.1. The van der Waals surface area contributed by atoms with E-state index in [0.717, 1.165) is 31.5 Å². The molecule has 5 nitrogen and oxygen atoms in total. The molecule has 2 aliphatic rings. The SMILES string of the molecule is C[C@@H]1C[C@@H](C)CN(C(=O)c2ccc(S(=O)(=O)N3CCc4ccccc4C3)cc2)C1. The molecule has 2 aromatic rings. The van der Waals surface area contributed by atoms with Gasteiger partial charge in [0.2, 0.25) is 10.0 Å². The molecule has 1 fully saturated rings. The highest BCUT2D eigenvalue weighted by atomic mass is 32.2. The summed E-state index contributed by atoms with van der Waals surface area (Å²) in [5.74, 6) is 0.966. The summed E-state index contributed by atoms with van der Waals surface area (Å²) in [6.07, 6.45) is 1.86. The van der Waals surface area contributed by atoms with Gasteiger partial charge in [-0.1, -0.05) is 38.1 Å². The molecule has 0 unspecified atom stereocenters. The molecule has 0 radical (unpaired) electrons. The van der Waals surface area contributed by atoms with Gasteiger partial charge in [-0.3, -0.25) is 4.79 Å². The summed E-state index contributed by atoms with van der Waals surface area (Å²) in [4.78, 5) is 15.0. The van der Waals surface area contributed by atoms with E-state index >= 15 is 0 Å². The lowest BCUT2D eigenvalue weighted by Gasteiger charge is -2.35. The smallest absolute Gasteiger partial charge is 0.253 e. The van der Waals surface area contributed by atoms with Crippen molar-refractivity contribution in [1.29, 1.82) is 0 Å². The molecule has 29 heavy (non-hydrogen) atoms. The quantitative estimate of drug-likeness (QED) is 0.775. The maximum absolute atomic E-state index is 13.1. The summed E-state index contributed by atoms with van der Waals surface area (Å²) in [6.45, 7) is 6.73. The fourth-order valence-corrected chi connectivity index (χ4v) is 6.02. The lowest BCUT2D eigenvalue weighted by Crippen LogP contribution is -2.42. The van der Waals surface area contributed by atoms with Crippen molar-refractivity contribution in [3.63, 3.8) is 0 Å². The van der Waals surface area contributed by atoms with E-state index in [9.17, 15) is 13.2 Å². The lowest BCUT2D eigenvalue weighted by molar-refractivity contribution is 0.0623. The van der Waals surface area contributed by atoms with Crippen LogP contribution in [0.4, 0.5) is 0 Å². The van der Waals surface area contributed by atoms with Gasteiger partial charge in [0.25, 0.3) is 5.91 Å². The van der Waals surface area contributed by atoms with Crippen LogP contribution in [0, 0.1) is 11.8 Å². The van der Waals surface area contributed by atoms with Gasteiger partial charge in [0.1, 0.15) is 0 Å². The van der Waals surface area contributed by atoms with E-state index in [1.54, 1.807) is 24.3 Å². The fraction of sp³-hybridized carbons (Fsp3) is 0.435. The lowest BCUT2D eigenvalue weighted by atomic mass is 9.91. The second-order valence-electron chi connectivity index (χ2n) is 8.54. The van der Waals surface area contributed by atoms with Gasteiger partial charge in [-0.15, -0.1) is 0 Å². The summed E-state index contributed by atoms with van der Waals surface area (Å²) in [5, 5.41) is 0. The molecule has 2 heterocycles. The monoisotopic (exact) mass is 412 g/mol. The highest BCUT2D eigenvalue weighted by molar-refractivity contribution is 7.89. The zero-order valence-corrected chi connectivity index (χ0v) is 17.9. The van der Waals surface area contributed by atoms with Gasteiger partial charge in [0, 0.05) is 31.7 Å². The summed E-state index contributed by atoms with van der Waals surface area (Å²) in [6, 6.07) is 14.4. The van der Waals surface area contributed by atoms with Crippen LogP contribution in [-0.4, -0.2) is 43.2 Å². The van der Waals surface area contributed by atoms with Gasteiger partial charge in [-0.2, -0.15) is 4.31 Å². The first-order valence-electron chi connectivity index (χ1n) is 10.3. The van der Waals surface area contributed by atoms with E-state index in [1.165, 1.54) is 9.87 Å². The molecule has 2 atom stereocenters. The average molecular weight is 413 g/mol. The number of likely N-dealkylation sites (tertiary alicyclic amines) is 1. The van der Waals surface area contributed by atoms with Crippen LogP contribution in [0.5, 0.6) is 0 Å². The zero-order chi connectivity index (χ0) is 20.6. The van der Waals surface area contributed by atoms with Crippen LogP contribution in [-0.2, 0) is 23.0 Å². The van der Waals surface area contributed by atoms with Gasteiger partial charge in [0.15, 0.2) is 0 Å². The van der Waals surface area contributed by atoms with E-state index in [-0.39, 0.29) is 10.8 Å². The predicted octanol–water partition coefficient (Wildman–Crippen LogP) is 3.55. The Morgan fingerprint density at radius 3 is 2.21 bits per heavy atom. The molecule has 6 heteroatoms. The number of carbonyl (C=O) groups excluding carboxylic acids is 1.